The van der Waals surface area contributed by atoms with Crippen LogP contribution >= 0.6 is 27.5 Å². The molecule has 2 N–H and O–H groups in total. The number of amides is 2. The number of hydrogen-bond donors (Lipinski definition) is 2. The van der Waals surface area contributed by atoms with Gasteiger partial charge in [0, 0.05) is 22.7 Å². The first-order valence-corrected chi connectivity index (χ1v) is 8.64. The summed E-state index contributed by atoms with van der Waals surface area (Å²) in [4.78, 5) is 24.5. The summed E-state index contributed by atoms with van der Waals surface area (Å²) in [5.74, 6) is -1.02. The van der Waals surface area contributed by atoms with E-state index in [0.29, 0.717) is 22.1 Å². The molecule has 0 saturated heterocycles. The third-order valence-corrected chi connectivity index (χ3v) is 4.32. The molecule has 2 heterocycles. The second-order valence-corrected chi connectivity index (χ2v) is 6.83. The van der Waals surface area contributed by atoms with Crippen LogP contribution in [0.25, 0.3) is 5.69 Å². The van der Waals surface area contributed by atoms with E-state index < -0.39 is 11.8 Å². The molecule has 0 aliphatic carbocycles. The maximum Gasteiger partial charge on any atom is 0.292 e. The first-order chi connectivity index (χ1) is 12.4. The van der Waals surface area contributed by atoms with E-state index in [0.717, 1.165) is 4.47 Å². The Bertz CT molecular complexity index is 997. The van der Waals surface area contributed by atoms with Crippen molar-refractivity contribution in [2.24, 2.45) is 7.05 Å². The number of nitrogens with one attached hydrogen (secondary N) is 2. The fraction of sp³-hybridized carbons (Fsp3) is 0.125. The summed E-state index contributed by atoms with van der Waals surface area (Å²) in [6.07, 6.45) is 1.73. The zero-order valence-corrected chi connectivity index (χ0v) is 16.2. The molecule has 0 radical (unpaired) electrons. The molecule has 2 aromatic heterocycles. The van der Waals surface area contributed by atoms with Crippen molar-refractivity contribution >= 4 is 39.3 Å². The van der Waals surface area contributed by atoms with Gasteiger partial charge in [-0.3, -0.25) is 20.4 Å². The number of aryl methyl sites for hydroxylation is 1. The third-order valence-electron chi connectivity index (χ3n) is 3.66. The van der Waals surface area contributed by atoms with E-state index in [-0.39, 0.29) is 5.69 Å². The molecule has 0 saturated carbocycles. The van der Waals surface area contributed by atoms with Gasteiger partial charge >= 0.3 is 0 Å². The van der Waals surface area contributed by atoms with Crippen LogP contribution in [0.2, 0.25) is 5.02 Å². The van der Waals surface area contributed by atoms with E-state index in [4.69, 9.17) is 11.6 Å². The fourth-order valence-electron chi connectivity index (χ4n) is 2.38. The van der Waals surface area contributed by atoms with Crippen LogP contribution in [0.4, 0.5) is 0 Å². The number of halogens is 2. The second kappa shape index (κ2) is 7.30. The molecule has 2 amide bonds. The topological polar surface area (TPSA) is 93.8 Å². The molecule has 0 atom stereocenters. The molecule has 0 spiro atoms. The molecular formula is C16H14BrClN6O2. The lowest BCUT2D eigenvalue weighted by Crippen LogP contribution is -2.42. The van der Waals surface area contributed by atoms with E-state index in [2.05, 4.69) is 37.1 Å². The molecule has 0 unspecified atom stereocenters. The highest BCUT2D eigenvalue weighted by Crippen LogP contribution is 2.17. The molecule has 3 aromatic rings. The first kappa shape index (κ1) is 18.2. The number of carbonyl (C=O) groups is 2. The van der Waals surface area contributed by atoms with Crippen LogP contribution in [0, 0.1) is 6.92 Å². The van der Waals surface area contributed by atoms with Crippen LogP contribution in [-0.2, 0) is 7.05 Å². The van der Waals surface area contributed by atoms with E-state index in [1.807, 2.05) is 0 Å². The van der Waals surface area contributed by atoms with Crippen LogP contribution in [0.1, 0.15) is 26.7 Å². The lowest BCUT2D eigenvalue weighted by Gasteiger charge is -2.07. The Hall–Kier alpha value is -2.65. The zero-order chi connectivity index (χ0) is 18.8. The van der Waals surface area contributed by atoms with Crippen LogP contribution < -0.4 is 10.9 Å². The molecular weight excluding hydrogens is 424 g/mol. The molecule has 0 fully saturated rings. The summed E-state index contributed by atoms with van der Waals surface area (Å²) >= 11 is 9.27. The predicted molar refractivity (Wildman–Crippen MR) is 99.2 cm³/mol. The molecule has 26 heavy (non-hydrogen) atoms. The quantitative estimate of drug-likeness (QED) is 0.615. The molecule has 0 bridgehead atoms. The van der Waals surface area contributed by atoms with Gasteiger partial charge in [0.25, 0.3) is 11.8 Å². The SMILES string of the molecule is Cc1c(C(=O)NNC(=O)c2cc(Br)cn2C)nnn1-c1cccc(Cl)c1. The number of hydrogen-bond acceptors (Lipinski definition) is 4. The Morgan fingerprint density at radius 3 is 2.58 bits per heavy atom. The van der Waals surface area contributed by atoms with Crippen molar-refractivity contribution in [3.63, 3.8) is 0 Å². The van der Waals surface area contributed by atoms with Gasteiger partial charge in [-0.1, -0.05) is 22.9 Å². The summed E-state index contributed by atoms with van der Waals surface area (Å²) in [7, 11) is 1.72. The minimum atomic E-state index is -0.572. The maximum absolute atomic E-state index is 12.3. The van der Waals surface area contributed by atoms with Gasteiger partial charge in [0.1, 0.15) is 5.69 Å². The van der Waals surface area contributed by atoms with Crippen molar-refractivity contribution in [2.45, 2.75) is 6.92 Å². The van der Waals surface area contributed by atoms with Gasteiger partial charge in [0.15, 0.2) is 5.69 Å². The zero-order valence-electron chi connectivity index (χ0n) is 13.8. The van der Waals surface area contributed by atoms with Crippen LogP contribution in [0.5, 0.6) is 0 Å². The Balaban J connectivity index is 1.73. The Labute approximate surface area is 162 Å². The summed E-state index contributed by atoms with van der Waals surface area (Å²) in [5.41, 5.74) is 6.38. The highest BCUT2D eigenvalue weighted by Gasteiger charge is 2.19. The number of benzene rings is 1. The van der Waals surface area contributed by atoms with E-state index in [1.165, 1.54) is 4.68 Å². The Morgan fingerprint density at radius 1 is 1.19 bits per heavy atom. The number of rotatable bonds is 3. The summed E-state index contributed by atoms with van der Waals surface area (Å²) in [6.45, 7) is 1.70. The fourth-order valence-corrected chi connectivity index (χ4v) is 3.09. The molecule has 8 nitrogen and oxygen atoms in total. The van der Waals surface area contributed by atoms with Crippen molar-refractivity contribution in [1.82, 2.24) is 30.4 Å². The van der Waals surface area contributed by atoms with E-state index in [9.17, 15) is 9.59 Å². The summed E-state index contributed by atoms with van der Waals surface area (Å²) in [6, 6.07) is 8.66. The number of hydrazine groups is 1. The molecule has 0 aliphatic heterocycles. The van der Waals surface area contributed by atoms with Crippen molar-refractivity contribution < 1.29 is 9.59 Å². The van der Waals surface area contributed by atoms with Crippen LogP contribution in [0.3, 0.4) is 0 Å². The Morgan fingerprint density at radius 2 is 1.92 bits per heavy atom. The summed E-state index contributed by atoms with van der Waals surface area (Å²) in [5, 5.41) is 8.41. The number of aromatic nitrogens is 4. The van der Waals surface area contributed by atoms with Crippen molar-refractivity contribution in [3.8, 4) is 5.69 Å². The standard InChI is InChI=1S/C16H14BrClN6O2/c1-9-14(19-22-24(9)12-5-3-4-11(18)7-12)16(26)21-20-15(25)13-6-10(17)8-23(13)2/h3-8H,1-2H3,(H,20,25)(H,21,26). The highest BCUT2D eigenvalue weighted by molar-refractivity contribution is 9.10. The average molecular weight is 438 g/mol. The normalized spacial score (nSPS) is 10.6. The Kier molecular flexibility index (Phi) is 5.10. The third kappa shape index (κ3) is 3.63. The van der Waals surface area contributed by atoms with Gasteiger partial charge < -0.3 is 4.57 Å². The second-order valence-electron chi connectivity index (χ2n) is 5.48. The minimum absolute atomic E-state index is 0.0957. The van der Waals surface area contributed by atoms with Crippen molar-refractivity contribution in [2.75, 3.05) is 0 Å². The van der Waals surface area contributed by atoms with Gasteiger partial charge in [-0.05, 0) is 47.1 Å². The smallest absolute Gasteiger partial charge is 0.292 e. The van der Waals surface area contributed by atoms with E-state index in [1.54, 1.807) is 55.1 Å². The lowest BCUT2D eigenvalue weighted by molar-refractivity contribution is 0.0839. The molecule has 134 valence electrons. The predicted octanol–water partition coefficient (Wildman–Crippen LogP) is 2.40. The molecule has 3 rings (SSSR count). The maximum atomic E-state index is 12.3. The van der Waals surface area contributed by atoms with Crippen molar-refractivity contribution in [1.29, 1.82) is 0 Å². The lowest BCUT2D eigenvalue weighted by atomic mass is 10.3. The first-order valence-electron chi connectivity index (χ1n) is 7.47. The molecule has 0 aliphatic rings. The minimum Gasteiger partial charge on any atom is -0.345 e. The largest absolute Gasteiger partial charge is 0.345 e. The monoisotopic (exact) mass is 436 g/mol. The molecule has 10 heteroatoms. The van der Waals surface area contributed by atoms with Crippen LogP contribution in [-0.4, -0.2) is 31.4 Å². The average Bonchev–Trinajstić information content (AvgIpc) is 3.14. The number of carbonyl (C=O) groups excluding carboxylic acids is 2. The van der Waals surface area contributed by atoms with Gasteiger partial charge in [0.2, 0.25) is 0 Å². The van der Waals surface area contributed by atoms with Gasteiger partial charge in [-0.25, -0.2) is 4.68 Å². The van der Waals surface area contributed by atoms with Gasteiger partial charge in [-0.2, -0.15) is 0 Å². The van der Waals surface area contributed by atoms with Gasteiger partial charge in [-0.15, -0.1) is 5.10 Å². The summed E-state index contributed by atoms with van der Waals surface area (Å²) < 4.78 is 3.89. The highest BCUT2D eigenvalue weighted by atomic mass is 79.9. The van der Waals surface area contributed by atoms with Crippen molar-refractivity contribution in [3.05, 3.63) is 63.1 Å². The van der Waals surface area contributed by atoms with Gasteiger partial charge in [0.05, 0.1) is 11.4 Å². The molecule has 1 aromatic carbocycles. The van der Waals surface area contributed by atoms with Crippen LogP contribution in [0.15, 0.2) is 41.0 Å². The number of nitrogens with zero attached hydrogens (tertiary/aromatic N) is 4. The van der Waals surface area contributed by atoms with E-state index >= 15 is 0 Å².